The third kappa shape index (κ3) is 3.90. The number of ketones is 1. The van der Waals surface area contributed by atoms with Gasteiger partial charge in [-0.15, -0.1) is 0 Å². The summed E-state index contributed by atoms with van der Waals surface area (Å²) < 4.78 is 5.56. The molecule has 13 heavy (non-hydrogen) atoms. The van der Waals surface area contributed by atoms with E-state index in [0.717, 1.165) is 12.8 Å². The van der Waals surface area contributed by atoms with Crippen LogP contribution < -0.4 is 0 Å². The highest BCUT2D eigenvalue weighted by Gasteiger charge is 2.15. The second-order valence-corrected chi connectivity index (χ2v) is 4.19. The summed E-state index contributed by atoms with van der Waals surface area (Å²) in [5, 5.41) is 0. The maximum absolute atomic E-state index is 11.3. The van der Waals surface area contributed by atoms with Crippen LogP contribution in [0, 0.1) is 5.92 Å². The van der Waals surface area contributed by atoms with Crippen LogP contribution in [0.1, 0.15) is 46.0 Å². The Labute approximate surface area is 80.7 Å². The van der Waals surface area contributed by atoms with Crippen molar-refractivity contribution in [1.29, 1.82) is 0 Å². The molecule has 0 atom stereocenters. The topological polar surface area (TPSA) is 26.3 Å². The Morgan fingerprint density at radius 2 is 1.92 bits per heavy atom. The van der Waals surface area contributed by atoms with Crippen molar-refractivity contribution < 1.29 is 9.53 Å². The fourth-order valence-corrected chi connectivity index (χ4v) is 1.60. The highest BCUT2D eigenvalue weighted by atomic mass is 16.5. The van der Waals surface area contributed by atoms with Gasteiger partial charge >= 0.3 is 0 Å². The number of carbonyl (C=O) groups excluding carboxylic acids is 1. The van der Waals surface area contributed by atoms with E-state index in [1.165, 1.54) is 19.3 Å². The lowest BCUT2D eigenvalue weighted by Gasteiger charge is -2.21. The van der Waals surface area contributed by atoms with Gasteiger partial charge in [-0.1, -0.05) is 33.1 Å². The van der Waals surface area contributed by atoms with Crippen LogP contribution in [0.4, 0.5) is 0 Å². The van der Waals surface area contributed by atoms with E-state index in [4.69, 9.17) is 4.74 Å². The number of carbonyl (C=O) groups is 1. The smallest absolute Gasteiger partial charge is 0.160 e. The van der Waals surface area contributed by atoms with Crippen molar-refractivity contribution in [3.8, 4) is 0 Å². The van der Waals surface area contributed by atoms with Crippen molar-refractivity contribution in [2.24, 2.45) is 5.92 Å². The largest absolute Gasteiger partial charge is 0.370 e. The Hall–Kier alpha value is -0.370. The third-order valence-corrected chi connectivity index (χ3v) is 2.66. The molecule has 76 valence electrons. The van der Waals surface area contributed by atoms with E-state index in [9.17, 15) is 4.79 Å². The number of ether oxygens (including phenoxy) is 1. The zero-order chi connectivity index (χ0) is 9.68. The lowest BCUT2D eigenvalue weighted by Crippen LogP contribution is -2.23. The highest BCUT2D eigenvalue weighted by Crippen LogP contribution is 2.20. The minimum Gasteiger partial charge on any atom is -0.370 e. The maximum atomic E-state index is 11.3. The van der Waals surface area contributed by atoms with Gasteiger partial charge in [-0.25, -0.2) is 0 Å². The quantitative estimate of drug-likeness (QED) is 0.671. The standard InChI is InChI=1S/C11H20O2/c1-9(2)11(12)8-13-10-6-4-3-5-7-10/h9-10H,3-8H2,1-2H3. The summed E-state index contributed by atoms with van der Waals surface area (Å²) in [5.41, 5.74) is 0. The minimum absolute atomic E-state index is 0.114. The van der Waals surface area contributed by atoms with Crippen LogP contribution in [0.5, 0.6) is 0 Å². The molecule has 0 bridgehead atoms. The van der Waals surface area contributed by atoms with Gasteiger partial charge in [0.25, 0.3) is 0 Å². The van der Waals surface area contributed by atoms with E-state index in [1.54, 1.807) is 0 Å². The van der Waals surface area contributed by atoms with E-state index in [1.807, 2.05) is 13.8 Å². The number of Topliss-reactive ketones (excluding diaryl/α,β-unsaturated/α-hetero) is 1. The molecule has 0 radical (unpaired) electrons. The van der Waals surface area contributed by atoms with Crippen molar-refractivity contribution in [1.82, 2.24) is 0 Å². The fourth-order valence-electron chi connectivity index (χ4n) is 1.60. The Morgan fingerprint density at radius 3 is 2.46 bits per heavy atom. The third-order valence-electron chi connectivity index (χ3n) is 2.66. The van der Waals surface area contributed by atoms with Gasteiger partial charge in [0, 0.05) is 5.92 Å². The molecule has 0 saturated heterocycles. The summed E-state index contributed by atoms with van der Waals surface area (Å²) in [6.07, 6.45) is 6.51. The molecule has 1 rings (SSSR count). The number of hydrogen-bond acceptors (Lipinski definition) is 2. The van der Waals surface area contributed by atoms with Crippen molar-refractivity contribution in [2.75, 3.05) is 6.61 Å². The van der Waals surface area contributed by atoms with Crippen LogP contribution in [0.25, 0.3) is 0 Å². The summed E-state index contributed by atoms with van der Waals surface area (Å²) in [5.74, 6) is 0.342. The molecule has 0 amide bonds. The van der Waals surface area contributed by atoms with Crippen molar-refractivity contribution >= 4 is 5.78 Å². The molecule has 0 aromatic rings. The minimum atomic E-state index is 0.114. The van der Waals surface area contributed by atoms with Crippen LogP contribution >= 0.6 is 0 Å². The Morgan fingerprint density at radius 1 is 1.31 bits per heavy atom. The van der Waals surface area contributed by atoms with Gasteiger partial charge in [0.05, 0.1) is 6.10 Å². The van der Waals surface area contributed by atoms with E-state index in [-0.39, 0.29) is 11.7 Å². The SMILES string of the molecule is CC(C)C(=O)COC1CCCCC1. The molecule has 0 spiro atoms. The molecule has 1 aliphatic carbocycles. The first-order valence-corrected chi connectivity index (χ1v) is 5.34. The van der Waals surface area contributed by atoms with Gasteiger partial charge < -0.3 is 4.74 Å². The fraction of sp³-hybridized carbons (Fsp3) is 0.909. The van der Waals surface area contributed by atoms with E-state index in [2.05, 4.69) is 0 Å². The van der Waals surface area contributed by atoms with Crippen LogP contribution in [-0.4, -0.2) is 18.5 Å². The predicted octanol–water partition coefficient (Wildman–Crippen LogP) is 2.56. The molecule has 0 aromatic heterocycles. The normalized spacial score (nSPS) is 19.3. The zero-order valence-corrected chi connectivity index (χ0v) is 8.71. The Bertz CT molecular complexity index is 157. The maximum Gasteiger partial charge on any atom is 0.160 e. The van der Waals surface area contributed by atoms with Crippen molar-refractivity contribution in [3.05, 3.63) is 0 Å². The highest BCUT2D eigenvalue weighted by molar-refractivity contribution is 5.81. The second kappa shape index (κ2) is 5.38. The van der Waals surface area contributed by atoms with Gasteiger partial charge in [-0.3, -0.25) is 4.79 Å². The predicted molar refractivity (Wildman–Crippen MR) is 52.7 cm³/mol. The summed E-state index contributed by atoms with van der Waals surface area (Å²) in [6, 6.07) is 0. The first kappa shape index (κ1) is 10.7. The molecule has 2 nitrogen and oxygen atoms in total. The molecule has 0 unspecified atom stereocenters. The Kier molecular flexibility index (Phi) is 4.43. The zero-order valence-electron chi connectivity index (χ0n) is 8.71. The lowest BCUT2D eigenvalue weighted by molar-refractivity contribution is -0.129. The summed E-state index contributed by atoms with van der Waals surface area (Å²) in [6.45, 7) is 4.17. The van der Waals surface area contributed by atoms with E-state index >= 15 is 0 Å². The molecule has 0 aliphatic heterocycles. The van der Waals surface area contributed by atoms with Crippen LogP contribution in [-0.2, 0) is 9.53 Å². The molecule has 0 heterocycles. The molecule has 1 aliphatic rings. The molecule has 2 heteroatoms. The summed E-state index contributed by atoms with van der Waals surface area (Å²) in [4.78, 5) is 11.3. The molecule has 1 saturated carbocycles. The monoisotopic (exact) mass is 184 g/mol. The lowest BCUT2D eigenvalue weighted by atomic mass is 9.98. The van der Waals surface area contributed by atoms with E-state index in [0.29, 0.717) is 12.7 Å². The summed E-state index contributed by atoms with van der Waals surface area (Å²) in [7, 11) is 0. The van der Waals surface area contributed by atoms with Gasteiger partial charge in [-0.05, 0) is 12.8 Å². The molecular formula is C11H20O2. The molecular weight excluding hydrogens is 164 g/mol. The second-order valence-electron chi connectivity index (χ2n) is 4.19. The molecule has 1 fully saturated rings. The number of hydrogen-bond donors (Lipinski definition) is 0. The van der Waals surface area contributed by atoms with Gasteiger partial charge in [0.1, 0.15) is 6.61 Å². The van der Waals surface area contributed by atoms with E-state index < -0.39 is 0 Å². The Balaban J connectivity index is 2.13. The van der Waals surface area contributed by atoms with Crippen LogP contribution in [0.2, 0.25) is 0 Å². The summed E-state index contributed by atoms with van der Waals surface area (Å²) >= 11 is 0. The van der Waals surface area contributed by atoms with Crippen molar-refractivity contribution in [2.45, 2.75) is 52.1 Å². The number of rotatable bonds is 4. The van der Waals surface area contributed by atoms with Gasteiger partial charge in [0.2, 0.25) is 0 Å². The molecule has 0 N–H and O–H groups in total. The average molecular weight is 184 g/mol. The van der Waals surface area contributed by atoms with Crippen LogP contribution in [0.15, 0.2) is 0 Å². The first-order valence-electron chi connectivity index (χ1n) is 5.34. The van der Waals surface area contributed by atoms with Gasteiger partial charge in [-0.2, -0.15) is 0 Å². The molecule has 0 aromatic carbocycles. The van der Waals surface area contributed by atoms with Crippen LogP contribution in [0.3, 0.4) is 0 Å². The first-order chi connectivity index (χ1) is 6.20. The van der Waals surface area contributed by atoms with Crippen molar-refractivity contribution in [3.63, 3.8) is 0 Å². The average Bonchev–Trinajstić information content (AvgIpc) is 2.15. The van der Waals surface area contributed by atoms with Gasteiger partial charge in [0.15, 0.2) is 5.78 Å².